The average molecular weight is 202 g/mol. The molecule has 0 radical (unpaired) electrons. The van der Waals surface area contributed by atoms with Crippen LogP contribution in [0.2, 0.25) is 0 Å². The maximum Gasteiger partial charge on any atom is 0.247 e. The van der Waals surface area contributed by atoms with E-state index >= 15 is 0 Å². The minimum atomic E-state index is -0.647. The molecule has 1 atom stereocenters. The summed E-state index contributed by atoms with van der Waals surface area (Å²) in [4.78, 5) is 4.10. The maximum atomic E-state index is 5.92. The highest BCUT2D eigenvalue weighted by Gasteiger charge is 2.30. The molecule has 2 aliphatic rings. The molecule has 5 nitrogen and oxygen atoms in total. The van der Waals surface area contributed by atoms with Gasteiger partial charge in [-0.3, -0.25) is 10.7 Å². The Hall–Kier alpha value is -1.85. The fourth-order valence-electron chi connectivity index (χ4n) is 1.76. The number of aliphatic imine (C=N–C) groups is 1. The van der Waals surface area contributed by atoms with Crippen LogP contribution in [0.4, 0.5) is 5.69 Å². The molecule has 3 rings (SSSR count). The van der Waals surface area contributed by atoms with E-state index in [1.165, 1.54) is 5.01 Å². The Balaban J connectivity index is 2.18. The first kappa shape index (κ1) is 8.46. The van der Waals surface area contributed by atoms with Crippen LogP contribution in [0, 0.1) is 0 Å². The molecule has 0 spiro atoms. The van der Waals surface area contributed by atoms with Gasteiger partial charge in [-0.2, -0.15) is 0 Å². The SMILES string of the molecule is NC1N=C2C(=Cc3ccccc3N2N)O1. The first-order valence-electron chi connectivity index (χ1n) is 4.62. The lowest BCUT2D eigenvalue weighted by Crippen LogP contribution is -2.39. The van der Waals surface area contributed by atoms with Crippen molar-refractivity contribution in [1.82, 2.24) is 0 Å². The van der Waals surface area contributed by atoms with Crippen LogP contribution in [0.1, 0.15) is 5.56 Å². The summed E-state index contributed by atoms with van der Waals surface area (Å²) in [6.45, 7) is 0. The number of hydrazine groups is 1. The van der Waals surface area contributed by atoms with Crippen LogP contribution >= 0.6 is 0 Å². The number of fused-ring (bicyclic) bond motifs is 2. The number of hydrogen-bond donors (Lipinski definition) is 2. The van der Waals surface area contributed by atoms with E-state index in [1.54, 1.807) is 0 Å². The van der Waals surface area contributed by atoms with Crippen LogP contribution in [0.5, 0.6) is 0 Å². The van der Waals surface area contributed by atoms with E-state index in [-0.39, 0.29) is 0 Å². The second-order valence-electron chi connectivity index (χ2n) is 3.40. The van der Waals surface area contributed by atoms with Crippen LogP contribution < -0.4 is 16.6 Å². The number of benzene rings is 1. The summed E-state index contributed by atoms with van der Waals surface area (Å²) in [5.41, 5.74) is 7.46. The summed E-state index contributed by atoms with van der Waals surface area (Å²) in [5.74, 6) is 7.13. The van der Waals surface area contributed by atoms with Gasteiger partial charge in [-0.25, -0.2) is 10.8 Å². The summed E-state index contributed by atoms with van der Waals surface area (Å²) in [7, 11) is 0. The number of amidine groups is 1. The summed E-state index contributed by atoms with van der Waals surface area (Å²) in [6.07, 6.45) is 1.25. The largest absolute Gasteiger partial charge is 0.452 e. The molecule has 1 aromatic carbocycles. The molecule has 0 fully saturated rings. The van der Waals surface area contributed by atoms with E-state index in [2.05, 4.69) is 4.99 Å². The van der Waals surface area contributed by atoms with Crippen molar-refractivity contribution in [2.75, 3.05) is 5.01 Å². The number of anilines is 1. The second-order valence-corrected chi connectivity index (χ2v) is 3.40. The van der Waals surface area contributed by atoms with Crippen LogP contribution in [0.25, 0.3) is 6.08 Å². The van der Waals surface area contributed by atoms with Crippen LogP contribution in [-0.2, 0) is 4.74 Å². The van der Waals surface area contributed by atoms with Gasteiger partial charge in [-0.05, 0) is 12.1 Å². The zero-order valence-electron chi connectivity index (χ0n) is 7.92. The van der Waals surface area contributed by atoms with Crippen molar-refractivity contribution < 1.29 is 4.74 Å². The molecule has 4 N–H and O–H groups in total. The zero-order valence-corrected chi connectivity index (χ0v) is 7.92. The molecule has 0 saturated heterocycles. The van der Waals surface area contributed by atoms with Crippen molar-refractivity contribution in [3.63, 3.8) is 0 Å². The van der Waals surface area contributed by atoms with Crippen molar-refractivity contribution >= 4 is 17.6 Å². The summed E-state index contributed by atoms with van der Waals surface area (Å²) < 4.78 is 5.31. The predicted molar refractivity (Wildman–Crippen MR) is 57.6 cm³/mol. The molecule has 1 unspecified atom stereocenters. The first-order valence-corrected chi connectivity index (χ1v) is 4.62. The molecule has 2 heterocycles. The Morgan fingerprint density at radius 2 is 2.13 bits per heavy atom. The Labute approximate surface area is 86.6 Å². The molecule has 2 aliphatic heterocycles. The topological polar surface area (TPSA) is 76.9 Å². The Bertz CT molecular complexity index is 480. The molecule has 5 heteroatoms. The Morgan fingerprint density at radius 1 is 1.33 bits per heavy atom. The maximum absolute atomic E-state index is 5.92. The second kappa shape index (κ2) is 2.82. The van der Waals surface area contributed by atoms with Crippen molar-refractivity contribution in [2.45, 2.75) is 6.35 Å². The van der Waals surface area contributed by atoms with Gasteiger partial charge in [0.15, 0.2) is 11.6 Å². The monoisotopic (exact) mass is 202 g/mol. The van der Waals surface area contributed by atoms with Gasteiger partial charge in [-0.15, -0.1) is 0 Å². The predicted octanol–water partition coefficient (Wildman–Crippen LogP) is 0.392. The number of para-hydroxylation sites is 1. The van der Waals surface area contributed by atoms with Gasteiger partial charge in [0.2, 0.25) is 6.35 Å². The summed E-state index contributed by atoms with van der Waals surface area (Å²) >= 11 is 0. The van der Waals surface area contributed by atoms with E-state index in [0.717, 1.165) is 11.3 Å². The third-order valence-corrected chi connectivity index (χ3v) is 2.43. The highest BCUT2D eigenvalue weighted by molar-refractivity contribution is 6.14. The lowest BCUT2D eigenvalue weighted by molar-refractivity contribution is 0.165. The number of hydrogen-bond acceptors (Lipinski definition) is 5. The van der Waals surface area contributed by atoms with E-state index in [0.29, 0.717) is 11.6 Å². The minimum Gasteiger partial charge on any atom is -0.452 e. The molecule has 0 bridgehead atoms. The van der Waals surface area contributed by atoms with Gasteiger partial charge in [-0.1, -0.05) is 18.2 Å². The van der Waals surface area contributed by atoms with Gasteiger partial charge in [0.25, 0.3) is 0 Å². The lowest BCUT2D eigenvalue weighted by atomic mass is 10.1. The van der Waals surface area contributed by atoms with Crippen LogP contribution in [0.15, 0.2) is 35.0 Å². The fraction of sp³-hybridized carbons (Fsp3) is 0.100. The van der Waals surface area contributed by atoms with Crippen molar-refractivity contribution in [2.24, 2.45) is 16.6 Å². The minimum absolute atomic E-state index is 0.584. The van der Waals surface area contributed by atoms with Gasteiger partial charge in [0.1, 0.15) is 0 Å². The van der Waals surface area contributed by atoms with E-state index in [4.69, 9.17) is 16.3 Å². The van der Waals surface area contributed by atoms with Crippen molar-refractivity contribution in [3.05, 3.63) is 35.6 Å². The number of rotatable bonds is 0. The van der Waals surface area contributed by atoms with Gasteiger partial charge >= 0.3 is 0 Å². The zero-order chi connectivity index (χ0) is 10.4. The number of ether oxygens (including phenoxy) is 1. The van der Waals surface area contributed by atoms with E-state index in [9.17, 15) is 0 Å². The molecule has 0 aromatic heterocycles. The standard InChI is InChI=1S/C10H10N4O/c11-10-13-9-8(15-10)5-6-3-1-2-4-7(6)14(9)12/h1-5,10H,11-12H2. The number of nitrogens with zero attached hydrogens (tertiary/aromatic N) is 2. The van der Waals surface area contributed by atoms with Gasteiger partial charge < -0.3 is 4.74 Å². The van der Waals surface area contributed by atoms with Gasteiger partial charge in [0.05, 0.1) is 5.69 Å². The Kier molecular flexibility index (Phi) is 1.59. The molecule has 0 amide bonds. The van der Waals surface area contributed by atoms with Crippen LogP contribution in [-0.4, -0.2) is 12.2 Å². The molecule has 15 heavy (non-hydrogen) atoms. The summed E-state index contributed by atoms with van der Waals surface area (Å²) in [5, 5.41) is 1.50. The third-order valence-electron chi connectivity index (χ3n) is 2.43. The highest BCUT2D eigenvalue weighted by atomic mass is 16.5. The van der Waals surface area contributed by atoms with Crippen molar-refractivity contribution in [1.29, 1.82) is 0 Å². The molecule has 1 aromatic rings. The normalized spacial score (nSPS) is 22.5. The highest BCUT2D eigenvalue weighted by Crippen LogP contribution is 2.30. The molecule has 0 aliphatic carbocycles. The average Bonchev–Trinajstić information content (AvgIpc) is 2.59. The van der Waals surface area contributed by atoms with Gasteiger partial charge in [0, 0.05) is 5.56 Å². The smallest absolute Gasteiger partial charge is 0.247 e. The fourth-order valence-corrected chi connectivity index (χ4v) is 1.76. The quantitative estimate of drug-likeness (QED) is 0.597. The van der Waals surface area contributed by atoms with E-state index in [1.807, 2.05) is 30.3 Å². The summed E-state index contributed by atoms with van der Waals surface area (Å²) in [6, 6.07) is 7.76. The van der Waals surface area contributed by atoms with E-state index < -0.39 is 6.35 Å². The first-order chi connectivity index (χ1) is 7.25. The van der Waals surface area contributed by atoms with Crippen LogP contribution in [0.3, 0.4) is 0 Å². The Morgan fingerprint density at radius 3 is 3.00 bits per heavy atom. The lowest BCUT2D eigenvalue weighted by Gasteiger charge is -2.24. The molecule has 76 valence electrons. The number of nitrogens with two attached hydrogens (primary N) is 2. The molecular weight excluding hydrogens is 192 g/mol. The molecular formula is C10H10N4O. The molecule has 0 saturated carbocycles. The third kappa shape index (κ3) is 1.14. The van der Waals surface area contributed by atoms with Crippen molar-refractivity contribution in [3.8, 4) is 0 Å².